The van der Waals surface area contributed by atoms with Gasteiger partial charge < -0.3 is 9.88 Å². The molecule has 2 rings (SSSR count). The molecule has 18 heavy (non-hydrogen) atoms. The molecule has 0 amide bonds. The van der Waals surface area contributed by atoms with E-state index in [1.165, 1.54) is 25.7 Å². The lowest BCUT2D eigenvalue weighted by Crippen LogP contribution is -2.38. The molecule has 1 aliphatic rings. The molecule has 1 aliphatic heterocycles. The molecule has 0 radical (unpaired) electrons. The van der Waals surface area contributed by atoms with Crippen LogP contribution in [0.5, 0.6) is 0 Å². The lowest BCUT2D eigenvalue weighted by molar-refractivity contribution is 0.428. The third-order valence-corrected chi connectivity index (χ3v) is 3.55. The quantitative estimate of drug-likeness (QED) is 0.490. The third-order valence-electron chi connectivity index (χ3n) is 3.20. The summed E-state index contributed by atoms with van der Waals surface area (Å²) in [6, 6.07) is 3.96. The molecule has 1 aromatic heterocycles. The summed E-state index contributed by atoms with van der Waals surface area (Å²) in [5.41, 5.74) is 4.92. The predicted octanol–water partition coefficient (Wildman–Crippen LogP) is 2.49. The molecule has 0 aromatic carbocycles. The maximum atomic E-state index is 5.38. The SMILES string of the molecule is CC(=NNC(=S)N1CCCCCC1)c1ccc[nH]1. The fourth-order valence-electron chi connectivity index (χ4n) is 2.09. The molecule has 0 spiro atoms. The van der Waals surface area contributed by atoms with Crippen LogP contribution in [0.3, 0.4) is 0 Å². The fourth-order valence-corrected chi connectivity index (χ4v) is 2.32. The van der Waals surface area contributed by atoms with Crippen LogP contribution in [0.25, 0.3) is 0 Å². The van der Waals surface area contributed by atoms with E-state index in [1.807, 2.05) is 25.3 Å². The van der Waals surface area contributed by atoms with Gasteiger partial charge in [0.1, 0.15) is 0 Å². The molecule has 0 aliphatic carbocycles. The number of H-pyrrole nitrogens is 1. The largest absolute Gasteiger partial charge is 0.360 e. The second-order valence-corrected chi connectivity index (χ2v) is 4.99. The number of hydrogen-bond donors (Lipinski definition) is 2. The second-order valence-electron chi connectivity index (χ2n) is 4.60. The minimum absolute atomic E-state index is 0.739. The molecule has 0 saturated carbocycles. The minimum atomic E-state index is 0.739. The number of thiocarbonyl (C=S) groups is 1. The van der Waals surface area contributed by atoms with Crippen LogP contribution < -0.4 is 5.43 Å². The van der Waals surface area contributed by atoms with Crippen LogP contribution in [0.1, 0.15) is 38.3 Å². The Balaban J connectivity index is 1.89. The van der Waals surface area contributed by atoms with Crippen molar-refractivity contribution in [2.75, 3.05) is 13.1 Å². The zero-order valence-electron chi connectivity index (χ0n) is 10.8. The second kappa shape index (κ2) is 6.54. The highest BCUT2D eigenvalue weighted by atomic mass is 32.1. The zero-order valence-corrected chi connectivity index (χ0v) is 11.6. The van der Waals surface area contributed by atoms with E-state index in [4.69, 9.17) is 12.2 Å². The van der Waals surface area contributed by atoms with Gasteiger partial charge in [-0.15, -0.1) is 0 Å². The summed E-state index contributed by atoms with van der Waals surface area (Å²) in [7, 11) is 0. The summed E-state index contributed by atoms with van der Waals surface area (Å²) in [6.07, 6.45) is 6.96. The van der Waals surface area contributed by atoms with Crippen LogP contribution in [0.15, 0.2) is 23.4 Å². The summed E-state index contributed by atoms with van der Waals surface area (Å²) >= 11 is 5.38. The Morgan fingerprint density at radius 2 is 2.06 bits per heavy atom. The maximum absolute atomic E-state index is 5.38. The number of aromatic amines is 1. The molecular weight excluding hydrogens is 244 g/mol. The van der Waals surface area contributed by atoms with Crippen molar-refractivity contribution in [3.8, 4) is 0 Å². The van der Waals surface area contributed by atoms with Crippen molar-refractivity contribution in [3.63, 3.8) is 0 Å². The number of rotatable bonds is 2. The fraction of sp³-hybridized carbons (Fsp3) is 0.538. The highest BCUT2D eigenvalue weighted by Crippen LogP contribution is 2.09. The van der Waals surface area contributed by atoms with Gasteiger partial charge in [-0.25, -0.2) is 0 Å². The number of nitrogens with zero attached hydrogens (tertiary/aromatic N) is 2. The number of aromatic nitrogens is 1. The van der Waals surface area contributed by atoms with Gasteiger partial charge in [0.05, 0.1) is 11.4 Å². The van der Waals surface area contributed by atoms with Crippen molar-refractivity contribution < 1.29 is 0 Å². The summed E-state index contributed by atoms with van der Waals surface area (Å²) < 4.78 is 0. The molecule has 0 atom stereocenters. The molecule has 1 fully saturated rings. The summed E-state index contributed by atoms with van der Waals surface area (Å²) in [4.78, 5) is 5.34. The Morgan fingerprint density at radius 3 is 2.67 bits per heavy atom. The van der Waals surface area contributed by atoms with Crippen molar-refractivity contribution in [3.05, 3.63) is 24.0 Å². The summed E-state index contributed by atoms with van der Waals surface area (Å²) in [5.74, 6) is 0. The van der Waals surface area contributed by atoms with Gasteiger partial charge >= 0.3 is 0 Å². The number of nitrogens with one attached hydrogen (secondary N) is 2. The summed E-state index contributed by atoms with van der Waals surface area (Å²) in [5, 5.41) is 5.06. The van der Waals surface area contributed by atoms with Gasteiger partial charge in [-0.3, -0.25) is 5.43 Å². The molecule has 5 heteroatoms. The molecule has 1 saturated heterocycles. The number of hydrogen-bond acceptors (Lipinski definition) is 2. The average molecular weight is 264 g/mol. The van der Waals surface area contributed by atoms with Crippen LogP contribution in [0.4, 0.5) is 0 Å². The Labute approximate surface area is 113 Å². The molecular formula is C13H20N4S. The molecule has 2 N–H and O–H groups in total. The van der Waals surface area contributed by atoms with Crippen LogP contribution in [0.2, 0.25) is 0 Å². The van der Waals surface area contributed by atoms with Crippen molar-refractivity contribution in [2.45, 2.75) is 32.6 Å². The van der Waals surface area contributed by atoms with Gasteiger partial charge in [-0.05, 0) is 44.1 Å². The Morgan fingerprint density at radius 1 is 1.33 bits per heavy atom. The van der Waals surface area contributed by atoms with E-state index in [0.717, 1.165) is 29.6 Å². The van der Waals surface area contributed by atoms with E-state index < -0.39 is 0 Å². The average Bonchev–Trinajstić information content (AvgIpc) is 2.78. The first-order valence-corrected chi connectivity index (χ1v) is 6.91. The van der Waals surface area contributed by atoms with Gasteiger partial charge in [0.15, 0.2) is 5.11 Å². The smallest absolute Gasteiger partial charge is 0.189 e. The molecule has 98 valence electrons. The normalized spacial score (nSPS) is 17.4. The highest BCUT2D eigenvalue weighted by molar-refractivity contribution is 7.80. The van der Waals surface area contributed by atoms with E-state index in [2.05, 4.69) is 20.4 Å². The first kappa shape index (κ1) is 13.1. The van der Waals surface area contributed by atoms with E-state index in [-0.39, 0.29) is 0 Å². The van der Waals surface area contributed by atoms with Crippen molar-refractivity contribution >= 4 is 23.0 Å². The van der Waals surface area contributed by atoms with Crippen molar-refractivity contribution in [2.24, 2.45) is 5.10 Å². The van der Waals surface area contributed by atoms with Gasteiger partial charge in [0.2, 0.25) is 0 Å². The van der Waals surface area contributed by atoms with Crippen LogP contribution in [-0.2, 0) is 0 Å². The first-order valence-electron chi connectivity index (χ1n) is 6.50. The standard InChI is InChI=1S/C13H20N4S/c1-11(12-7-6-8-14-12)15-16-13(18)17-9-4-2-3-5-10-17/h6-8,14H,2-5,9-10H2,1H3,(H,16,18). The maximum Gasteiger partial charge on any atom is 0.189 e. The van der Waals surface area contributed by atoms with E-state index >= 15 is 0 Å². The highest BCUT2D eigenvalue weighted by Gasteiger charge is 2.11. The summed E-state index contributed by atoms with van der Waals surface area (Å²) in [6.45, 7) is 4.05. The van der Waals surface area contributed by atoms with E-state index in [0.29, 0.717) is 0 Å². The van der Waals surface area contributed by atoms with Crippen molar-refractivity contribution in [1.29, 1.82) is 0 Å². The molecule has 0 unspecified atom stereocenters. The minimum Gasteiger partial charge on any atom is -0.360 e. The lowest BCUT2D eigenvalue weighted by Gasteiger charge is -2.22. The van der Waals surface area contributed by atoms with E-state index in [1.54, 1.807) is 0 Å². The van der Waals surface area contributed by atoms with E-state index in [9.17, 15) is 0 Å². The monoisotopic (exact) mass is 264 g/mol. The number of likely N-dealkylation sites (tertiary alicyclic amines) is 1. The number of hydrazone groups is 1. The molecule has 2 heterocycles. The first-order chi connectivity index (χ1) is 8.77. The molecule has 0 bridgehead atoms. The van der Waals surface area contributed by atoms with Gasteiger partial charge in [-0.2, -0.15) is 5.10 Å². The van der Waals surface area contributed by atoms with Crippen LogP contribution in [-0.4, -0.2) is 33.8 Å². The Kier molecular flexibility index (Phi) is 4.75. The lowest BCUT2D eigenvalue weighted by atomic mass is 10.2. The van der Waals surface area contributed by atoms with Crippen molar-refractivity contribution in [1.82, 2.24) is 15.3 Å². The molecule has 4 nitrogen and oxygen atoms in total. The molecule has 1 aromatic rings. The van der Waals surface area contributed by atoms with Gasteiger partial charge in [0.25, 0.3) is 0 Å². The predicted molar refractivity (Wildman–Crippen MR) is 78.8 cm³/mol. The zero-order chi connectivity index (χ0) is 12.8. The van der Waals surface area contributed by atoms with Gasteiger partial charge in [-0.1, -0.05) is 12.8 Å². The topological polar surface area (TPSA) is 43.4 Å². The Hall–Kier alpha value is -1.36. The van der Waals surface area contributed by atoms with Crippen LogP contribution >= 0.6 is 12.2 Å². The van der Waals surface area contributed by atoms with Gasteiger partial charge in [0, 0.05) is 19.3 Å². The van der Waals surface area contributed by atoms with Crippen LogP contribution in [0, 0.1) is 0 Å². The Bertz CT molecular complexity index is 403. The third kappa shape index (κ3) is 3.57.